The lowest BCUT2D eigenvalue weighted by Crippen LogP contribution is -2.06. The summed E-state index contributed by atoms with van der Waals surface area (Å²) in [4.78, 5) is 0. The number of para-hydroxylation sites is 1. The van der Waals surface area contributed by atoms with Crippen LogP contribution in [0.1, 0.15) is 43.9 Å². The highest BCUT2D eigenvalue weighted by Gasteiger charge is 2.07. The molecule has 106 valence electrons. The molecule has 2 aromatic carbocycles. The molecule has 2 N–H and O–H groups in total. The summed E-state index contributed by atoms with van der Waals surface area (Å²) in [6.07, 6.45) is 3.58. The summed E-state index contributed by atoms with van der Waals surface area (Å²) < 4.78 is 5.95. The highest BCUT2D eigenvalue weighted by Crippen LogP contribution is 2.28. The van der Waals surface area contributed by atoms with E-state index in [9.17, 15) is 0 Å². The Balaban J connectivity index is 2.10. The molecule has 20 heavy (non-hydrogen) atoms. The van der Waals surface area contributed by atoms with E-state index in [1.54, 1.807) is 0 Å². The molecule has 2 nitrogen and oxygen atoms in total. The number of rotatable bonds is 6. The molecular weight excluding hydrogens is 246 g/mol. The van der Waals surface area contributed by atoms with Crippen LogP contribution in [0.5, 0.6) is 11.5 Å². The van der Waals surface area contributed by atoms with E-state index >= 15 is 0 Å². The largest absolute Gasteiger partial charge is 0.457 e. The third kappa shape index (κ3) is 3.84. The van der Waals surface area contributed by atoms with Crippen molar-refractivity contribution in [2.24, 2.45) is 5.73 Å². The number of aryl methyl sites for hydroxylation is 1. The zero-order valence-electron chi connectivity index (χ0n) is 12.3. The fraction of sp³-hybridized carbons (Fsp3) is 0.333. The number of benzene rings is 2. The third-order valence-corrected chi connectivity index (χ3v) is 3.38. The molecule has 2 aromatic rings. The van der Waals surface area contributed by atoms with Gasteiger partial charge in [-0.05, 0) is 43.5 Å². The van der Waals surface area contributed by atoms with Crippen LogP contribution < -0.4 is 10.5 Å². The van der Waals surface area contributed by atoms with Crippen LogP contribution in [0.3, 0.4) is 0 Å². The first-order valence-corrected chi connectivity index (χ1v) is 7.32. The maximum absolute atomic E-state index is 5.97. The SMILES string of the molecule is CCCCc1ccc(Oc2ccccc2C(C)N)cc1. The monoisotopic (exact) mass is 269 g/mol. The summed E-state index contributed by atoms with van der Waals surface area (Å²) in [5.74, 6) is 1.70. The minimum atomic E-state index is -0.0324. The van der Waals surface area contributed by atoms with E-state index < -0.39 is 0 Å². The fourth-order valence-electron chi connectivity index (χ4n) is 2.18. The van der Waals surface area contributed by atoms with E-state index in [1.807, 2.05) is 43.3 Å². The number of hydrogen-bond acceptors (Lipinski definition) is 2. The second-order valence-corrected chi connectivity index (χ2v) is 5.18. The molecule has 0 aliphatic carbocycles. The van der Waals surface area contributed by atoms with Crippen molar-refractivity contribution >= 4 is 0 Å². The molecule has 0 amide bonds. The normalized spacial score (nSPS) is 12.2. The van der Waals surface area contributed by atoms with E-state index in [0.717, 1.165) is 23.5 Å². The molecule has 0 bridgehead atoms. The third-order valence-electron chi connectivity index (χ3n) is 3.38. The molecule has 0 aliphatic rings. The Labute approximate surface area is 121 Å². The van der Waals surface area contributed by atoms with Crippen molar-refractivity contribution in [2.75, 3.05) is 0 Å². The summed E-state index contributed by atoms with van der Waals surface area (Å²) in [6.45, 7) is 4.18. The number of ether oxygens (including phenoxy) is 1. The summed E-state index contributed by atoms with van der Waals surface area (Å²) in [6, 6.07) is 16.2. The summed E-state index contributed by atoms with van der Waals surface area (Å²) in [5, 5.41) is 0. The van der Waals surface area contributed by atoms with E-state index in [4.69, 9.17) is 10.5 Å². The highest BCUT2D eigenvalue weighted by atomic mass is 16.5. The van der Waals surface area contributed by atoms with Gasteiger partial charge in [-0.25, -0.2) is 0 Å². The van der Waals surface area contributed by atoms with E-state index in [-0.39, 0.29) is 6.04 Å². The van der Waals surface area contributed by atoms with Crippen LogP contribution in [0.25, 0.3) is 0 Å². The summed E-state index contributed by atoms with van der Waals surface area (Å²) >= 11 is 0. The number of unbranched alkanes of at least 4 members (excludes halogenated alkanes) is 1. The van der Waals surface area contributed by atoms with Gasteiger partial charge in [0.05, 0.1) is 0 Å². The Morgan fingerprint density at radius 3 is 2.40 bits per heavy atom. The maximum atomic E-state index is 5.97. The lowest BCUT2D eigenvalue weighted by atomic mass is 10.1. The quantitative estimate of drug-likeness (QED) is 0.814. The molecule has 0 spiro atoms. The molecule has 1 atom stereocenters. The van der Waals surface area contributed by atoms with Gasteiger partial charge in [0.15, 0.2) is 0 Å². The van der Waals surface area contributed by atoms with Gasteiger partial charge in [0.2, 0.25) is 0 Å². The number of hydrogen-bond donors (Lipinski definition) is 1. The molecule has 1 unspecified atom stereocenters. The molecule has 0 saturated carbocycles. The zero-order chi connectivity index (χ0) is 14.4. The van der Waals surface area contributed by atoms with Crippen LogP contribution in [0.4, 0.5) is 0 Å². The van der Waals surface area contributed by atoms with Gasteiger partial charge < -0.3 is 10.5 Å². The first-order valence-electron chi connectivity index (χ1n) is 7.32. The lowest BCUT2D eigenvalue weighted by molar-refractivity contribution is 0.472. The van der Waals surface area contributed by atoms with E-state index in [2.05, 4.69) is 19.1 Å². The zero-order valence-corrected chi connectivity index (χ0v) is 12.3. The standard InChI is InChI=1S/C18H23NO/c1-3-4-7-15-10-12-16(13-11-15)20-18-9-6-5-8-17(18)14(2)19/h5-6,8-14H,3-4,7,19H2,1-2H3. The minimum absolute atomic E-state index is 0.0324. The molecule has 2 heteroatoms. The van der Waals surface area contributed by atoms with E-state index in [1.165, 1.54) is 18.4 Å². The van der Waals surface area contributed by atoms with Crippen LogP contribution in [0.2, 0.25) is 0 Å². The Morgan fingerprint density at radius 2 is 1.75 bits per heavy atom. The van der Waals surface area contributed by atoms with Crippen molar-refractivity contribution in [1.29, 1.82) is 0 Å². The molecule has 2 rings (SSSR count). The van der Waals surface area contributed by atoms with Crippen molar-refractivity contribution in [3.8, 4) is 11.5 Å². The topological polar surface area (TPSA) is 35.2 Å². The van der Waals surface area contributed by atoms with Crippen molar-refractivity contribution in [1.82, 2.24) is 0 Å². The smallest absolute Gasteiger partial charge is 0.132 e. The van der Waals surface area contributed by atoms with Crippen LogP contribution in [-0.4, -0.2) is 0 Å². The van der Waals surface area contributed by atoms with Gasteiger partial charge >= 0.3 is 0 Å². The Hall–Kier alpha value is -1.80. The van der Waals surface area contributed by atoms with Crippen molar-refractivity contribution in [3.05, 3.63) is 59.7 Å². The predicted molar refractivity (Wildman–Crippen MR) is 84.2 cm³/mol. The molecule has 0 aromatic heterocycles. The molecule has 0 fully saturated rings. The van der Waals surface area contributed by atoms with Gasteiger partial charge in [0, 0.05) is 11.6 Å². The average molecular weight is 269 g/mol. The van der Waals surface area contributed by atoms with Gasteiger partial charge in [0.25, 0.3) is 0 Å². The Kier molecular flexibility index (Phi) is 5.19. The first kappa shape index (κ1) is 14.6. The van der Waals surface area contributed by atoms with Crippen LogP contribution >= 0.6 is 0 Å². The fourth-order valence-corrected chi connectivity index (χ4v) is 2.18. The van der Waals surface area contributed by atoms with Gasteiger partial charge in [-0.3, -0.25) is 0 Å². The molecule has 0 radical (unpaired) electrons. The Morgan fingerprint density at radius 1 is 1.05 bits per heavy atom. The van der Waals surface area contributed by atoms with Crippen molar-refractivity contribution in [2.45, 2.75) is 39.2 Å². The van der Waals surface area contributed by atoms with Gasteiger partial charge in [-0.1, -0.05) is 43.7 Å². The van der Waals surface area contributed by atoms with Crippen molar-refractivity contribution < 1.29 is 4.74 Å². The second kappa shape index (κ2) is 7.11. The lowest BCUT2D eigenvalue weighted by Gasteiger charge is -2.13. The van der Waals surface area contributed by atoms with Crippen LogP contribution in [-0.2, 0) is 6.42 Å². The molecule has 0 heterocycles. The van der Waals surface area contributed by atoms with Crippen LogP contribution in [0, 0.1) is 0 Å². The predicted octanol–water partition coefficient (Wildman–Crippen LogP) is 4.84. The summed E-state index contributed by atoms with van der Waals surface area (Å²) in [5.41, 5.74) is 8.36. The van der Waals surface area contributed by atoms with Crippen molar-refractivity contribution in [3.63, 3.8) is 0 Å². The second-order valence-electron chi connectivity index (χ2n) is 5.18. The first-order chi connectivity index (χ1) is 9.70. The highest BCUT2D eigenvalue weighted by molar-refractivity contribution is 5.39. The van der Waals surface area contributed by atoms with Gasteiger partial charge in [-0.2, -0.15) is 0 Å². The van der Waals surface area contributed by atoms with Gasteiger partial charge in [-0.15, -0.1) is 0 Å². The van der Waals surface area contributed by atoms with Crippen LogP contribution in [0.15, 0.2) is 48.5 Å². The van der Waals surface area contributed by atoms with E-state index in [0.29, 0.717) is 0 Å². The number of nitrogens with two attached hydrogens (primary N) is 1. The molecule has 0 aliphatic heterocycles. The minimum Gasteiger partial charge on any atom is -0.457 e. The average Bonchev–Trinajstić information content (AvgIpc) is 2.47. The summed E-state index contributed by atoms with van der Waals surface area (Å²) in [7, 11) is 0. The van der Waals surface area contributed by atoms with Gasteiger partial charge in [0.1, 0.15) is 11.5 Å². The Bertz CT molecular complexity index is 531. The molecular formula is C18H23NO. The maximum Gasteiger partial charge on any atom is 0.132 e. The molecule has 0 saturated heterocycles.